The molecule has 0 aliphatic carbocycles. The van der Waals surface area contributed by atoms with Crippen LogP contribution in [0.25, 0.3) is 0 Å². The average Bonchev–Trinajstić information content (AvgIpc) is 2.53. The zero-order chi connectivity index (χ0) is 15.4. The van der Waals surface area contributed by atoms with Gasteiger partial charge in [-0.25, -0.2) is 4.79 Å². The van der Waals surface area contributed by atoms with Crippen LogP contribution >= 0.6 is 0 Å². The largest absolute Gasteiger partial charge is 0.445 e. The summed E-state index contributed by atoms with van der Waals surface area (Å²) in [6.45, 7) is 1.34. The van der Waals surface area contributed by atoms with Gasteiger partial charge in [0.1, 0.15) is 12.1 Å². The smallest absolute Gasteiger partial charge is 0.408 e. The van der Waals surface area contributed by atoms with Crippen molar-refractivity contribution in [3.8, 4) is 6.07 Å². The van der Waals surface area contributed by atoms with Gasteiger partial charge in [0, 0.05) is 24.9 Å². The number of rotatable bonds is 3. The van der Waals surface area contributed by atoms with Crippen LogP contribution in [-0.4, -0.2) is 36.9 Å². The van der Waals surface area contributed by atoms with E-state index in [1.807, 2.05) is 30.3 Å². The Balaban J connectivity index is 1.58. The predicted octanol–water partition coefficient (Wildman–Crippen LogP) is 1.33. The highest BCUT2D eigenvalue weighted by atomic mass is 16.5. The third kappa shape index (κ3) is 3.38. The molecule has 0 radical (unpaired) electrons. The molecule has 2 bridgehead atoms. The molecule has 2 N–H and O–H groups in total. The number of hydrogen-bond donors (Lipinski definition) is 2. The van der Waals surface area contributed by atoms with Crippen molar-refractivity contribution in [3.63, 3.8) is 0 Å². The molecule has 6 nitrogen and oxygen atoms in total. The summed E-state index contributed by atoms with van der Waals surface area (Å²) in [5, 5.41) is 15.7. The molecule has 2 atom stereocenters. The van der Waals surface area contributed by atoms with Crippen molar-refractivity contribution in [2.45, 2.75) is 37.1 Å². The molecule has 116 valence electrons. The number of nitrogens with one attached hydrogen (secondary N) is 2. The van der Waals surface area contributed by atoms with Crippen LogP contribution in [0.1, 0.15) is 18.4 Å². The molecule has 0 saturated carbocycles. The minimum Gasteiger partial charge on any atom is -0.445 e. The van der Waals surface area contributed by atoms with Gasteiger partial charge in [-0.15, -0.1) is 0 Å². The van der Waals surface area contributed by atoms with E-state index in [2.05, 4.69) is 16.7 Å². The molecule has 3 rings (SSSR count). The summed E-state index contributed by atoms with van der Waals surface area (Å²) in [7, 11) is 0. The van der Waals surface area contributed by atoms with E-state index >= 15 is 0 Å². The fourth-order valence-electron chi connectivity index (χ4n) is 3.12. The summed E-state index contributed by atoms with van der Waals surface area (Å²) in [6.07, 6.45) is 0.507. The van der Waals surface area contributed by atoms with Crippen LogP contribution in [0.5, 0.6) is 0 Å². The molecule has 2 fully saturated rings. The number of piperidine rings is 1. The van der Waals surface area contributed by atoms with Crippen LogP contribution < -0.4 is 10.6 Å². The van der Waals surface area contributed by atoms with E-state index in [0.29, 0.717) is 26.1 Å². The van der Waals surface area contributed by atoms with Gasteiger partial charge in [0.25, 0.3) is 0 Å². The third-order valence-corrected chi connectivity index (χ3v) is 4.07. The van der Waals surface area contributed by atoms with E-state index in [1.165, 1.54) is 0 Å². The number of amides is 1. The predicted molar refractivity (Wildman–Crippen MR) is 78.9 cm³/mol. The molecule has 22 heavy (non-hydrogen) atoms. The first kappa shape index (κ1) is 14.8. The molecular weight excluding hydrogens is 282 g/mol. The highest BCUT2D eigenvalue weighted by molar-refractivity contribution is 5.69. The van der Waals surface area contributed by atoms with Crippen LogP contribution in [0.3, 0.4) is 0 Å². The van der Waals surface area contributed by atoms with Crippen LogP contribution in [0.15, 0.2) is 30.3 Å². The second kappa shape index (κ2) is 6.34. The molecule has 0 spiro atoms. The molecule has 2 unspecified atom stereocenters. The molecule has 2 aliphatic heterocycles. The molecule has 1 aromatic rings. The normalized spacial score (nSPS) is 30.1. The highest BCUT2D eigenvalue weighted by Crippen LogP contribution is 2.27. The lowest BCUT2D eigenvalue weighted by Crippen LogP contribution is -2.64. The third-order valence-electron chi connectivity index (χ3n) is 4.07. The van der Waals surface area contributed by atoms with Crippen molar-refractivity contribution in [1.29, 1.82) is 5.26 Å². The summed E-state index contributed by atoms with van der Waals surface area (Å²) >= 11 is 0. The molecule has 0 aromatic heterocycles. The van der Waals surface area contributed by atoms with Gasteiger partial charge in [-0.2, -0.15) is 5.26 Å². The van der Waals surface area contributed by atoms with Crippen LogP contribution in [0.2, 0.25) is 0 Å². The van der Waals surface area contributed by atoms with Gasteiger partial charge in [0.2, 0.25) is 0 Å². The van der Waals surface area contributed by atoms with Gasteiger partial charge in [-0.3, -0.25) is 0 Å². The summed E-state index contributed by atoms with van der Waals surface area (Å²) in [5.41, 5.74) is 0.0391. The van der Waals surface area contributed by atoms with Gasteiger partial charge < -0.3 is 20.1 Å². The van der Waals surface area contributed by atoms with E-state index < -0.39 is 11.6 Å². The minimum atomic E-state index is -0.877. The number of nitrogens with zero attached hydrogens (tertiary/aromatic N) is 1. The summed E-state index contributed by atoms with van der Waals surface area (Å²) in [5.74, 6) is 0. The molecule has 6 heteroatoms. The number of carbonyl (C=O) groups is 1. The number of alkyl carbamates (subject to hydrolysis) is 1. The molecule has 1 amide bonds. The lowest BCUT2D eigenvalue weighted by Gasteiger charge is -2.44. The zero-order valence-electron chi connectivity index (χ0n) is 12.2. The lowest BCUT2D eigenvalue weighted by atomic mass is 9.81. The van der Waals surface area contributed by atoms with Crippen LogP contribution in [-0.2, 0) is 16.1 Å². The Hall–Kier alpha value is -2.10. The Morgan fingerprint density at radius 1 is 1.36 bits per heavy atom. The lowest BCUT2D eigenvalue weighted by molar-refractivity contribution is 0.00357. The fourth-order valence-corrected chi connectivity index (χ4v) is 3.12. The van der Waals surface area contributed by atoms with Crippen LogP contribution in [0, 0.1) is 11.3 Å². The number of benzene rings is 1. The fraction of sp³-hybridized carbons (Fsp3) is 0.500. The maximum Gasteiger partial charge on any atom is 0.408 e. The first-order valence-corrected chi connectivity index (χ1v) is 7.43. The number of hydrogen-bond acceptors (Lipinski definition) is 5. The summed E-state index contributed by atoms with van der Waals surface area (Å²) < 4.78 is 10.7. The molecule has 2 heterocycles. The Morgan fingerprint density at radius 3 is 2.68 bits per heavy atom. The minimum absolute atomic E-state index is 0.0987. The first-order chi connectivity index (χ1) is 10.7. The van der Waals surface area contributed by atoms with E-state index in [-0.39, 0.29) is 18.7 Å². The molecular formula is C16H19N3O3. The van der Waals surface area contributed by atoms with Crippen molar-refractivity contribution < 1.29 is 14.3 Å². The number of ether oxygens (including phenoxy) is 2. The molecule has 1 aromatic carbocycles. The summed E-state index contributed by atoms with van der Waals surface area (Å²) in [4.78, 5) is 12.0. The highest BCUT2D eigenvalue weighted by Gasteiger charge is 2.44. The van der Waals surface area contributed by atoms with Crippen molar-refractivity contribution in [2.24, 2.45) is 0 Å². The van der Waals surface area contributed by atoms with Crippen LogP contribution in [0.4, 0.5) is 4.79 Å². The Labute approximate surface area is 129 Å². The second-order valence-corrected chi connectivity index (χ2v) is 5.89. The standard InChI is InChI=1S/C16H19N3O3/c17-11-16(6-13-9-21-10-14(7-16)18-13)19-15(20)22-8-12-4-2-1-3-5-12/h1-5,13-14,18H,6-10H2,(H,19,20). The van der Waals surface area contributed by atoms with E-state index in [9.17, 15) is 10.1 Å². The molecule has 2 saturated heterocycles. The number of morpholine rings is 1. The Morgan fingerprint density at radius 2 is 2.05 bits per heavy atom. The second-order valence-electron chi connectivity index (χ2n) is 5.89. The average molecular weight is 301 g/mol. The van der Waals surface area contributed by atoms with E-state index in [4.69, 9.17) is 9.47 Å². The number of fused-ring (bicyclic) bond motifs is 2. The Bertz CT molecular complexity index is 558. The number of nitriles is 1. The van der Waals surface area contributed by atoms with Crippen molar-refractivity contribution in [3.05, 3.63) is 35.9 Å². The van der Waals surface area contributed by atoms with Gasteiger partial charge in [-0.1, -0.05) is 30.3 Å². The van der Waals surface area contributed by atoms with Gasteiger partial charge >= 0.3 is 6.09 Å². The maximum atomic E-state index is 12.0. The van der Waals surface area contributed by atoms with E-state index in [0.717, 1.165) is 5.56 Å². The van der Waals surface area contributed by atoms with Gasteiger partial charge in [0.05, 0.1) is 19.3 Å². The van der Waals surface area contributed by atoms with Crippen molar-refractivity contribution in [2.75, 3.05) is 13.2 Å². The quantitative estimate of drug-likeness (QED) is 0.880. The summed E-state index contributed by atoms with van der Waals surface area (Å²) in [6, 6.07) is 11.9. The van der Waals surface area contributed by atoms with Gasteiger partial charge in [0.15, 0.2) is 0 Å². The van der Waals surface area contributed by atoms with Gasteiger partial charge in [-0.05, 0) is 5.56 Å². The first-order valence-electron chi connectivity index (χ1n) is 7.43. The maximum absolute atomic E-state index is 12.0. The topological polar surface area (TPSA) is 83.4 Å². The zero-order valence-corrected chi connectivity index (χ0v) is 12.2. The van der Waals surface area contributed by atoms with E-state index in [1.54, 1.807) is 0 Å². The van der Waals surface area contributed by atoms with Crippen molar-refractivity contribution in [1.82, 2.24) is 10.6 Å². The monoisotopic (exact) mass is 301 g/mol. The SMILES string of the molecule is N#CC1(NC(=O)OCc2ccccc2)CC2COCC(C1)N2. The Kier molecular flexibility index (Phi) is 4.27. The van der Waals surface area contributed by atoms with Crippen molar-refractivity contribution >= 4 is 6.09 Å². The number of carbonyl (C=O) groups excluding carboxylic acids is 1. The molecule has 2 aliphatic rings.